The molecule has 27 heavy (non-hydrogen) atoms. The Hall–Kier alpha value is -3.34. The zero-order valence-electron chi connectivity index (χ0n) is 15.7. The van der Waals surface area contributed by atoms with Gasteiger partial charge in [0.15, 0.2) is 5.82 Å². The lowest BCUT2D eigenvalue weighted by atomic mass is 10.1. The van der Waals surface area contributed by atoms with Crippen LogP contribution in [0.15, 0.2) is 60.8 Å². The highest BCUT2D eigenvalue weighted by molar-refractivity contribution is 5.91. The second-order valence-corrected chi connectivity index (χ2v) is 6.55. The number of benzene rings is 2. The van der Waals surface area contributed by atoms with E-state index in [0.717, 1.165) is 40.5 Å². The third-order valence-corrected chi connectivity index (χ3v) is 4.71. The molecule has 0 radical (unpaired) electrons. The molecule has 0 unspecified atom stereocenters. The summed E-state index contributed by atoms with van der Waals surface area (Å²) in [7, 11) is 3.68. The molecule has 0 saturated heterocycles. The van der Waals surface area contributed by atoms with Gasteiger partial charge < -0.3 is 14.6 Å². The van der Waals surface area contributed by atoms with Gasteiger partial charge in [0.2, 0.25) is 0 Å². The van der Waals surface area contributed by atoms with Crippen LogP contribution in [0, 0.1) is 6.92 Å². The molecule has 0 fully saturated rings. The maximum Gasteiger partial charge on any atom is 0.160 e. The van der Waals surface area contributed by atoms with E-state index in [1.54, 1.807) is 7.11 Å². The van der Waals surface area contributed by atoms with Gasteiger partial charge in [0, 0.05) is 30.9 Å². The minimum absolute atomic E-state index is 0.756. The van der Waals surface area contributed by atoms with Gasteiger partial charge in [-0.25, -0.2) is 9.97 Å². The quantitative estimate of drug-likeness (QED) is 0.565. The normalized spacial score (nSPS) is 10.9. The Balaban J connectivity index is 1.74. The monoisotopic (exact) mass is 358 g/mol. The molecule has 2 aromatic carbocycles. The highest BCUT2D eigenvalue weighted by Crippen LogP contribution is 2.31. The van der Waals surface area contributed by atoms with E-state index >= 15 is 0 Å². The second kappa shape index (κ2) is 7.11. The molecule has 0 bridgehead atoms. The number of rotatable bonds is 5. The van der Waals surface area contributed by atoms with Crippen LogP contribution in [0.3, 0.4) is 0 Å². The second-order valence-electron chi connectivity index (χ2n) is 6.55. The van der Waals surface area contributed by atoms with Crippen LogP contribution < -0.4 is 9.64 Å². The van der Waals surface area contributed by atoms with E-state index in [9.17, 15) is 0 Å². The molecular weight excluding hydrogens is 336 g/mol. The van der Waals surface area contributed by atoms with Gasteiger partial charge in [-0.2, -0.15) is 0 Å². The number of methoxy groups -OCH3 is 1. The molecule has 0 spiro atoms. The summed E-state index contributed by atoms with van der Waals surface area (Å²) in [6.45, 7) is 1.93. The van der Waals surface area contributed by atoms with Gasteiger partial charge in [-0.1, -0.05) is 30.3 Å². The maximum atomic E-state index is 5.25. The number of aromatic nitrogens is 3. The molecule has 2 heterocycles. The van der Waals surface area contributed by atoms with E-state index in [1.165, 1.54) is 11.1 Å². The average molecular weight is 358 g/mol. The van der Waals surface area contributed by atoms with Crippen LogP contribution in [0.1, 0.15) is 17.0 Å². The molecule has 2 aromatic heterocycles. The van der Waals surface area contributed by atoms with Crippen molar-refractivity contribution in [2.24, 2.45) is 0 Å². The van der Waals surface area contributed by atoms with E-state index in [4.69, 9.17) is 14.7 Å². The first kappa shape index (κ1) is 17.1. The van der Waals surface area contributed by atoms with Crippen molar-refractivity contribution < 1.29 is 4.74 Å². The first-order chi connectivity index (χ1) is 13.2. The van der Waals surface area contributed by atoms with Gasteiger partial charge in [0.1, 0.15) is 17.1 Å². The van der Waals surface area contributed by atoms with Crippen molar-refractivity contribution in [3.63, 3.8) is 0 Å². The number of H-pyrrole nitrogens is 1. The molecule has 5 heteroatoms. The van der Waals surface area contributed by atoms with E-state index in [0.29, 0.717) is 0 Å². The van der Waals surface area contributed by atoms with Crippen molar-refractivity contribution in [2.75, 3.05) is 19.1 Å². The van der Waals surface area contributed by atoms with Crippen LogP contribution in [0.25, 0.3) is 11.0 Å². The summed E-state index contributed by atoms with van der Waals surface area (Å²) in [5, 5.41) is 0. The summed E-state index contributed by atoms with van der Waals surface area (Å²) >= 11 is 0. The fourth-order valence-corrected chi connectivity index (χ4v) is 3.27. The predicted molar refractivity (Wildman–Crippen MR) is 109 cm³/mol. The van der Waals surface area contributed by atoms with Crippen molar-refractivity contribution in [2.45, 2.75) is 13.3 Å². The Morgan fingerprint density at radius 3 is 2.44 bits per heavy atom. The smallest absolute Gasteiger partial charge is 0.160 e. The van der Waals surface area contributed by atoms with Crippen LogP contribution in [0.5, 0.6) is 5.75 Å². The summed E-state index contributed by atoms with van der Waals surface area (Å²) in [6, 6.07) is 18.4. The SMILES string of the molecule is COc1ccc(N(C)c2nc(C)nc3c(Cc4ccccc4)c[nH]c23)cc1. The summed E-state index contributed by atoms with van der Waals surface area (Å²) in [6.07, 6.45) is 2.88. The topological polar surface area (TPSA) is 54.0 Å². The van der Waals surface area contributed by atoms with Crippen molar-refractivity contribution >= 4 is 22.5 Å². The molecule has 1 N–H and O–H groups in total. The first-order valence-corrected chi connectivity index (χ1v) is 8.92. The fourth-order valence-electron chi connectivity index (χ4n) is 3.27. The average Bonchev–Trinajstić information content (AvgIpc) is 3.10. The highest BCUT2D eigenvalue weighted by atomic mass is 16.5. The molecule has 4 aromatic rings. The maximum absolute atomic E-state index is 5.25. The lowest BCUT2D eigenvalue weighted by Gasteiger charge is -2.19. The van der Waals surface area contributed by atoms with Gasteiger partial charge >= 0.3 is 0 Å². The van der Waals surface area contributed by atoms with Crippen LogP contribution in [-0.2, 0) is 6.42 Å². The molecule has 136 valence electrons. The lowest BCUT2D eigenvalue weighted by Crippen LogP contribution is -2.13. The highest BCUT2D eigenvalue weighted by Gasteiger charge is 2.16. The molecule has 0 atom stereocenters. The van der Waals surface area contributed by atoms with E-state index < -0.39 is 0 Å². The number of nitrogens with one attached hydrogen (secondary N) is 1. The number of fused-ring (bicyclic) bond motifs is 1. The van der Waals surface area contributed by atoms with Crippen molar-refractivity contribution in [1.29, 1.82) is 0 Å². The Labute approximate surface area is 158 Å². The fraction of sp³-hybridized carbons (Fsp3) is 0.182. The van der Waals surface area contributed by atoms with Crippen LogP contribution in [0.2, 0.25) is 0 Å². The number of hydrogen-bond acceptors (Lipinski definition) is 4. The molecular formula is C22H22N4O. The van der Waals surface area contributed by atoms with E-state index in [-0.39, 0.29) is 0 Å². The lowest BCUT2D eigenvalue weighted by molar-refractivity contribution is 0.415. The predicted octanol–water partition coefficient (Wildman–Crippen LogP) is 4.63. The number of nitrogens with zero attached hydrogens (tertiary/aromatic N) is 3. The van der Waals surface area contributed by atoms with Gasteiger partial charge in [-0.3, -0.25) is 0 Å². The minimum atomic E-state index is 0.756. The van der Waals surface area contributed by atoms with Crippen LogP contribution in [-0.4, -0.2) is 29.1 Å². The summed E-state index contributed by atoms with van der Waals surface area (Å²) in [4.78, 5) is 14.9. The molecule has 4 rings (SSSR count). The number of hydrogen-bond donors (Lipinski definition) is 1. The standard InChI is InChI=1S/C22H22N4O/c1-15-24-20-17(13-16-7-5-4-6-8-16)14-23-21(20)22(25-15)26(2)18-9-11-19(27-3)12-10-18/h4-12,14,23H,13H2,1-3H3. The zero-order chi connectivity index (χ0) is 18.8. The Bertz CT molecular complexity index is 1060. The number of anilines is 2. The molecule has 0 aliphatic carbocycles. The van der Waals surface area contributed by atoms with Crippen LogP contribution >= 0.6 is 0 Å². The minimum Gasteiger partial charge on any atom is -0.497 e. The molecule has 0 aliphatic heterocycles. The Morgan fingerprint density at radius 1 is 1.00 bits per heavy atom. The summed E-state index contributed by atoms with van der Waals surface area (Å²) in [5.74, 6) is 2.45. The van der Waals surface area contributed by atoms with E-state index in [2.05, 4.69) is 34.1 Å². The van der Waals surface area contributed by atoms with Gasteiger partial charge in [-0.05, 0) is 36.8 Å². The Morgan fingerprint density at radius 2 is 1.74 bits per heavy atom. The zero-order valence-corrected chi connectivity index (χ0v) is 15.7. The number of ether oxygens (including phenoxy) is 1. The largest absolute Gasteiger partial charge is 0.497 e. The first-order valence-electron chi connectivity index (χ1n) is 8.92. The Kier molecular flexibility index (Phi) is 4.50. The summed E-state index contributed by atoms with van der Waals surface area (Å²) < 4.78 is 5.25. The van der Waals surface area contributed by atoms with E-state index in [1.807, 2.05) is 50.5 Å². The summed E-state index contributed by atoms with van der Waals surface area (Å²) in [5.41, 5.74) is 5.40. The molecule has 0 aliphatic rings. The molecule has 0 amide bonds. The third kappa shape index (κ3) is 3.36. The molecule has 0 saturated carbocycles. The van der Waals surface area contributed by atoms with Gasteiger partial charge in [0.25, 0.3) is 0 Å². The van der Waals surface area contributed by atoms with Crippen LogP contribution in [0.4, 0.5) is 11.5 Å². The van der Waals surface area contributed by atoms with Gasteiger partial charge in [0.05, 0.1) is 12.6 Å². The van der Waals surface area contributed by atoms with Crippen molar-refractivity contribution in [3.05, 3.63) is 77.7 Å². The third-order valence-electron chi connectivity index (χ3n) is 4.71. The molecule has 5 nitrogen and oxygen atoms in total. The van der Waals surface area contributed by atoms with Crippen molar-refractivity contribution in [1.82, 2.24) is 15.0 Å². The van der Waals surface area contributed by atoms with Gasteiger partial charge in [-0.15, -0.1) is 0 Å². The number of aryl methyl sites for hydroxylation is 1. The van der Waals surface area contributed by atoms with Crippen molar-refractivity contribution in [3.8, 4) is 5.75 Å². The number of aromatic amines is 1.